The second-order valence-corrected chi connectivity index (χ2v) is 36.4. The average molecular weight is 2120 g/mol. The van der Waals surface area contributed by atoms with Crippen LogP contribution in [-0.2, 0) is 32.3 Å². The molecule has 0 aliphatic heterocycles. The monoisotopic (exact) mass is 2120 g/mol. The number of nitrogens with zero attached hydrogens (tertiary/aromatic N) is 14. The second-order valence-electron chi connectivity index (χ2n) is 36.1. The molecule has 27 rings (SSSR count). The van der Waals surface area contributed by atoms with E-state index in [0.29, 0.717) is 58.1 Å². The Morgan fingerprint density at radius 3 is 1.25 bits per heavy atom. The van der Waals surface area contributed by atoms with Crippen LogP contribution in [0.2, 0.25) is 5.15 Å². The molecular weight excluding hydrogens is 2030 g/mol. The number of aryl methyl sites for hydroxylation is 6. The van der Waals surface area contributed by atoms with Crippen LogP contribution in [0.15, 0.2) is 347 Å². The van der Waals surface area contributed by atoms with Crippen LogP contribution in [0.4, 0.5) is 0 Å². The molecule has 2 N–H and O–H groups in total. The fourth-order valence-corrected chi connectivity index (χ4v) is 20.6. The molecule has 707 valence electrons. The maximum absolute atomic E-state index is 13.2. The Kier molecular flexibility index (Phi) is 28.2. The quantitative estimate of drug-likeness (QED) is 0.0700. The molecule has 0 saturated heterocycles. The molecule has 3 aliphatic carbocycles. The molecule has 0 saturated carbocycles. The van der Waals surface area contributed by atoms with Gasteiger partial charge in [0.1, 0.15) is 39.7 Å². The van der Waals surface area contributed by atoms with Gasteiger partial charge >= 0.3 is 13.7 Å². The van der Waals surface area contributed by atoms with Gasteiger partial charge in [-0.1, -0.05) is 224 Å². The Bertz CT molecular complexity index is 9510. The molecule has 12 aromatic heterocycles. The number of carbonyl (C=O) groups excluding carboxylic acids is 1. The van der Waals surface area contributed by atoms with Gasteiger partial charge in [0, 0.05) is 183 Å². The Morgan fingerprint density at radius 1 is 0.349 bits per heavy atom. The van der Waals surface area contributed by atoms with Crippen molar-refractivity contribution in [1.29, 1.82) is 10.5 Å². The van der Waals surface area contributed by atoms with Gasteiger partial charge in [0.05, 0.1) is 67.1 Å². The molecule has 12 aromatic carbocycles. The fraction of sp³-hybridized carbons (Fsp3) is 0.0894. The van der Waals surface area contributed by atoms with Crippen molar-refractivity contribution in [2.24, 2.45) is 0 Å². The molecule has 146 heavy (non-hydrogen) atoms. The van der Waals surface area contributed by atoms with Crippen molar-refractivity contribution < 1.29 is 44.8 Å². The number of ketones is 1. The Hall–Kier alpha value is -16.8. The van der Waals surface area contributed by atoms with E-state index in [2.05, 4.69) is 216 Å². The Balaban J connectivity index is 0.000000108. The van der Waals surface area contributed by atoms with Crippen LogP contribution in [0.5, 0.6) is 5.75 Å². The van der Waals surface area contributed by atoms with Crippen molar-refractivity contribution in [3.05, 3.63) is 436 Å². The third-order valence-corrected chi connectivity index (χ3v) is 27.2. The molecule has 0 unspecified atom stereocenters. The van der Waals surface area contributed by atoms with Crippen molar-refractivity contribution in [3.8, 4) is 74.2 Å². The van der Waals surface area contributed by atoms with E-state index >= 15 is 0 Å². The summed E-state index contributed by atoms with van der Waals surface area (Å²) in [5.74, 6) is -0.299. The number of pyridine rings is 12. The van der Waals surface area contributed by atoms with E-state index in [4.69, 9.17) is 41.5 Å². The van der Waals surface area contributed by atoms with E-state index in [1.807, 2.05) is 209 Å². The molecule has 0 bridgehead atoms. The largest absolute Gasteiger partial charge is 0.569 e. The first-order valence-electron chi connectivity index (χ1n) is 47.0. The molecule has 0 atom stereocenters. The third kappa shape index (κ3) is 18.4. The van der Waals surface area contributed by atoms with Gasteiger partial charge in [-0.15, -0.1) is 0 Å². The summed E-state index contributed by atoms with van der Waals surface area (Å²) in [4.78, 5) is 80.6. The van der Waals surface area contributed by atoms with Crippen LogP contribution in [0.3, 0.4) is 0 Å². The zero-order valence-electron chi connectivity index (χ0n) is 80.6. The number of fused-ring (bicyclic) bond motifs is 27. The van der Waals surface area contributed by atoms with Gasteiger partial charge in [-0.05, 0) is 253 Å². The van der Waals surface area contributed by atoms with Crippen molar-refractivity contribution in [2.45, 2.75) is 67.2 Å². The van der Waals surface area contributed by atoms with E-state index in [1.54, 1.807) is 61.7 Å². The molecule has 23 heteroatoms. The second kappa shape index (κ2) is 42.0. The molecule has 1 radical (unpaired) electrons. The number of hydrogen-bond donors (Lipinski definition) is 2. The molecule has 3 aliphatic rings. The summed E-state index contributed by atoms with van der Waals surface area (Å²) in [6.07, 6.45) is 22.1. The number of rotatable bonds is 5. The predicted molar refractivity (Wildman–Crippen MR) is 593 cm³/mol. The zero-order chi connectivity index (χ0) is 100. The molecule has 0 spiro atoms. The predicted octanol–water partition coefficient (Wildman–Crippen LogP) is 28.7. The van der Waals surface area contributed by atoms with Gasteiger partial charge in [-0.25, -0.2) is 9.78 Å². The van der Waals surface area contributed by atoms with E-state index in [9.17, 15) is 20.0 Å². The van der Waals surface area contributed by atoms with Crippen molar-refractivity contribution >= 4 is 184 Å². The van der Waals surface area contributed by atoms with Crippen LogP contribution >= 0.6 is 34.2 Å². The Morgan fingerprint density at radius 2 is 0.712 bits per heavy atom. The minimum atomic E-state index is -1.02. The number of carbonyl (C=O) groups is 2. The summed E-state index contributed by atoms with van der Waals surface area (Å²) in [6.45, 7) is 17.0. The number of hydrogen-bond acceptors (Lipinski definition) is 18. The first kappa shape index (κ1) is 98.0. The summed E-state index contributed by atoms with van der Waals surface area (Å²) in [6, 6.07) is 95.7. The van der Waals surface area contributed by atoms with Crippen LogP contribution < -0.4 is 4.65 Å². The summed E-state index contributed by atoms with van der Waals surface area (Å²) in [7, 11) is 0.705. The number of nitriles is 2. The standard InChI is InChI=1S/C22H18N2.C20H13N3.C20H14N2O2.C20H12N2O.C20H14N2.C11H10BO2.C9H4ClN3.CH3I.Pd/c1-13-11-14-7-4-5-9-16(14)18-17(13)21-19(22(18,2)3)20-15(12-24-21)8-6-10-23-20;1-13-9-14-5-2-3-6-15(14)10-17(13)20-18(11-21)19-16(12-23-20)7-4-8-22-19;1-12-9-13-5-2-3-6-14(13)10-16(12)19-17(20(23)24)18-15(11-22-19)7-4-8-21-18;1-11-9-12-5-2-3-7-14(12)16-15(11)19-17(20(16)23)18-13(10-22-19)6-4-8-21-18;1-12-9-13-5-2-3-7-15(13)16-10-17-19-14(6-4-8-21-19)11-22-20(17)18(12)16;1-8-6-9-4-2-3-5-10(9)7-11(8)14-12-13;10-9-7(4-11)8-6(5-13-9)2-1-3-12-8;1-2;/h4-12H,1-3H3;2-10,12H,1H3;2-11H,1H3,(H,23,24);2-10H,1H3;2-9,11H,10H2,1H3;2-7,13H,1H3;1-3,5H;1H3;. The molecule has 19 nitrogen and oxygen atoms in total. The smallest absolute Gasteiger partial charge is 0.537 e. The van der Waals surface area contributed by atoms with E-state index in [1.165, 1.54) is 76.8 Å². The normalized spacial score (nSPS) is 11.7. The number of carboxylic acids is 1. The van der Waals surface area contributed by atoms with E-state index in [-0.39, 0.29) is 42.3 Å². The van der Waals surface area contributed by atoms with Crippen LogP contribution in [0.1, 0.15) is 107 Å². The van der Waals surface area contributed by atoms with Crippen LogP contribution in [-0.4, -0.2) is 94.3 Å². The number of aromatic carboxylic acids is 1. The Labute approximate surface area is 874 Å². The summed E-state index contributed by atoms with van der Waals surface area (Å²) in [5, 5.41) is 56.6. The molecule has 0 amide bonds. The van der Waals surface area contributed by atoms with E-state index in [0.717, 1.165) is 149 Å². The summed E-state index contributed by atoms with van der Waals surface area (Å²) >= 11 is 7.88. The summed E-state index contributed by atoms with van der Waals surface area (Å²) < 4.78 is 4.98. The first-order chi connectivity index (χ1) is 70.7. The SMILES string of the molecule is CI.Cc1cc2ccccc2c2c1-c1ncc3cccnc3c1C2.Cc1cc2ccccc2c2c1-c1ncc3cccnc3c1C2(C)C.Cc1cc2ccccc2c2c1-c1ncc3cccnc3c1C2=O.Cc1cc2ccccc2cc1-c1ncc2cccnc2c1C#N.Cc1cc2ccccc2cc1-c1ncc2cccnc2c1C(=O)O.Cc1cc2ccccc2cc1O[B]O.N#Cc1c(Cl)ncc2cccnc12.[Pd]. The maximum atomic E-state index is 13.2. The van der Waals surface area contributed by atoms with Gasteiger partial charge < -0.3 is 14.8 Å². The van der Waals surface area contributed by atoms with Gasteiger partial charge in [0.15, 0.2) is 5.78 Å². The number of aromatic nitrogens is 12. The third-order valence-electron chi connectivity index (χ3n) is 26.9. The van der Waals surface area contributed by atoms with E-state index < -0.39 is 5.97 Å². The number of benzene rings is 12. The minimum Gasteiger partial charge on any atom is -0.537 e. The maximum Gasteiger partial charge on any atom is 0.569 e. The number of alkyl halides is 1. The molecule has 0 fully saturated rings. The van der Waals surface area contributed by atoms with Crippen molar-refractivity contribution in [2.75, 3.05) is 4.93 Å². The number of halogens is 2. The molecular formula is C123H88BClIN14O5Pd. The van der Waals surface area contributed by atoms with Gasteiger partial charge in [0.25, 0.3) is 0 Å². The van der Waals surface area contributed by atoms with Gasteiger partial charge in [0.2, 0.25) is 0 Å². The molecule has 24 aromatic rings. The first-order valence-corrected chi connectivity index (χ1v) is 49.5. The van der Waals surface area contributed by atoms with Crippen molar-refractivity contribution in [1.82, 2.24) is 59.8 Å². The van der Waals surface area contributed by atoms with Gasteiger partial charge in [-0.2, -0.15) is 10.5 Å². The fourth-order valence-electron chi connectivity index (χ4n) is 20.4. The van der Waals surface area contributed by atoms with Gasteiger partial charge in [-0.3, -0.25) is 59.6 Å². The van der Waals surface area contributed by atoms with Crippen LogP contribution in [0.25, 0.3) is 186 Å². The number of carboxylic acid groups (broad SMARTS) is 1. The minimum absolute atomic E-state index is 0. The average Bonchev–Trinajstić information content (AvgIpc) is 1.54. The zero-order valence-corrected chi connectivity index (χ0v) is 85.1. The van der Waals surface area contributed by atoms with Crippen LogP contribution in [0, 0.1) is 64.2 Å². The van der Waals surface area contributed by atoms with Crippen molar-refractivity contribution in [3.63, 3.8) is 0 Å². The topological polar surface area (TPSA) is 286 Å². The molecule has 12 heterocycles. The summed E-state index contributed by atoms with van der Waals surface area (Å²) in [5.41, 5.74) is 28.5.